The van der Waals surface area contributed by atoms with E-state index in [9.17, 15) is 12.8 Å². The summed E-state index contributed by atoms with van der Waals surface area (Å²) in [6, 6.07) is 10.2. The summed E-state index contributed by atoms with van der Waals surface area (Å²) in [5.74, 6) is 1.01. The normalized spacial score (nSPS) is 12.5. The first-order valence-electron chi connectivity index (χ1n) is 11.7. The van der Waals surface area contributed by atoms with Gasteiger partial charge >= 0.3 is 0 Å². The van der Waals surface area contributed by atoms with Crippen molar-refractivity contribution < 1.29 is 17.0 Å². The number of imidazole rings is 2. The fraction of sp³-hybridized carbons (Fsp3) is 0.423. The monoisotopic (exact) mass is 530 g/mol. The number of aromatic amines is 1. The van der Waals surface area contributed by atoms with Gasteiger partial charge in [-0.05, 0) is 41.8 Å². The number of hydrogen-bond donors (Lipinski definition) is 2. The van der Waals surface area contributed by atoms with Crippen LogP contribution in [0, 0.1) is 11.2 Å². The zero-order chi connectivity index (χ0) is 27.8. The molecule has 0 atom stereocenters. The van der Waals surface area contributed by atoms with Gasteiger partial charge in [-0.3, -0.25) is 8.75 Å². The van der Waals surface area contributed by atoms with Crippen LogP contribution >= 0.6 is 0 Å². The molecule has 4 rings (SSSR count). The molecule has 0 aliphatic heterocycles. The van der Waals surface area contributed by atoms with E-state index >= 15 is 0 Å². The molecule has 0 aliphatic carbocycles. The average Bonchev–Trinajstić information content (AvgIpc) is 3.35. The molecule has 0 amide bonds. The number of nitrogens with zero attached hydrogens (tertiary/aromatic N) is 4. The predicted molar refractivity (Wildman–Crippen MR) is 145 cm³/mol. The summed E-state index contributed by atoms with van der Waals surface area (Å²) in [4.78, 5) is 17.7. The summed E-state index contributed by atoms with van der Waals surface area (Å²) < 4.78 is 38.9. The number of fused-ring (bicyclic) bond motifs is 1. The highest BCUT2D eigenvalue weighted by Crippen LogP contribution is 2.34. The second-order valence-electron chi connectivity index (χ2n) is 11.1. The number of aromatic nitrogens is 5. The molecule has 0 spiro atoms. The molecule has 11 heteroatoms. The van der Waals surface area contributed by atoms with Crippen molar-refractivity contribution in [2.75, 3.05) is 19.1 Å². The highest BCUT2D eigenvalue weighted by molar-refractivity contribution is 7.85. The van der Waals surface area contributed by atoms with Crippen LogP contribution in [-0.4, -0.2) is 46.3 Å². The van der Waals surface area contributed by atoms with Gasteiger partial charge in [0, 0.05) is 17.5 Å². The topological polar surface area (TPSA) is 129 Å². The van der Waals surface area contributed by atoms with Gasteiger partial charge < -0.3 is 10.7 Å². The summed E-state index contributed by atoms with van der Waals surface area (Å²) >= 11 is 0. The molecule has 1 aromatic carbocycles. The number of rotatable bonds is 4. The highest BCUT2D eigenvalue weighted by Gasteiger charge is 2.24. The van der Waals surface area contributed by atoms with Gasteiger partial charge in [0.15, 0.2) is 5.65 Å². The van der Waals surface area contributed by atoms with Crippen LogP contribution in [-0.2, 0) is 26.3 Å². The van der Waals surface area contributed by atoms with Gasteiger partial charge in [-0.25, -0.2) is 19.3 Å². The van der Waals surface area contributed by atoms with E-state index < -0.39 is 10.1 Å². The van der Waals surface area contributed by atoms with Crippen molar-refractivity contribution in [3.8, 4) is 22.6 Å². The Morgan fingerprint density at radius 2 is 1.59 bits per heavy atom. The second-order valence-corrected chi connectivity index (χ2v) is 12.8. The molecule has 3 N–H and O–H groups in total. The average molecular weight is 531 g/mol. The fourth-order valence-electron chi connectivity index (χ4n) is 3.52. The lowest BCUT2D eigenvalue weighted by molar-refractivity contribution is 0.350. The summed E-state index contributed by atoms with van der Waals surface area (Å²) in [5.41, 5.74) is 10.6. The van der Waals surface area contributed by atoms with Crippen LogP contribution < -0.4 is 5.73 Å². The van der Waals surface area contributed by atoms with E-state index in [1.807, 2.05) is 16.7 Å². The lowest BCUT2D eigenvalue weighted by Crippen LogP contribution is -2.17. The van der Waals surface area contributed by atoms with Crippen LogP contribution in [0.4, 0.5) is 10.3 Å². The van der Waals surface area contributed by atoms with Gasteiger partial charge in [0.05, 0.1) is 30.4 Å². The van der Waals surface area contributed by atoms with E-state index in [1.54, 1.807) is 12.1 Å². The van der Waals surface area contributed by atoms with Crippen LogP contribution in [0.3, 0.4) is 0 Å². The molecule has 0 unspecified atom stereocenters. The molecule has 4 aromatic rings. The van der Waals surface area contributed by atoms with Gasteiger partial charge in [0.2, 0.25) is 5.95 Å². The third kappa shape index (κ3) is 7.14. The van der Waals surface area contributed by atoms with E-state index in [4.69, 9.17) is 15.7 Å². The quantitative estimate of drug-likeness (QED) is 0.349. The maximum atomic E-state index is 13.5. The van der Waals surface area contributed by atoms with Gasteiger partial charge in [-0.2, -0.15) is 8.42 Å². The standard InChI is InChI=1S/C24H29FN6.C2H6O3S/c1-23(2,3)13-31-20-17(28-22(31)26)12-11-16(27-20)19-18(14-7-9-15(25)10-8-14)29-21(30-19)24(4,5)6;1-5-6(2,3)4/h7-12H,13H2,1-6H3,(H2,26,28)(H,29,30);1-2H3. The molecule has 0 saturated carbocycles. The predicted octanol–water partition coefficient (Wildman–Crippen LogP) is 5.15. The van der Waals surface area contributed by atoms with Gasteiger partial charge in [0.1, 0.15) is 17.2 Å². The first-order chi connectivity index (χ1) is 17.0. The number of nitrogen functional groups attached to an aromatic ring is 1. The van der Waals surface area contributed by atoms with E-state index in [0.29, 0.717) is 12.5 Å². The molecule has 0 saturated heterocycles. The molecule has 9 nitrogen and oxygen atoms in total. The van der Waals surface area contributed by atoms with E-state index in [2.05, 4.69) is 55.7 Å². The van der Waals surface area contributed by atoms with Crippen molar-refractivity contribution in [1.82, 2.24) is 24.5 Å². The van der Waals surface area contributed by atoms with Gasteiger partial charge in [0.25, 0.3) is 10.1 Å². The Balaban J connectivity index is 0.000000568. The number of nitrogens with two attached hydrogens (primary N) is 1. The molecule has 0 aliphatic rings. The maximum absolute atomic E-state index is 13.5. The van der Waals surface area contributed by atoms with E-state index in [1.165, 1.54) is 12.1 Å². The minimum atomic E-state index is -3.16. The van der Waals surface area contributed by atoms with Crippen LogP contribution in [0.15, 0.2) is 36.4 Å². The third-order valence-electron chi connectivity index (χ3n) is 5.34. The Hall–Kier alpha value is -3.31. The highest BCUT2D eigenvalue weighted by atomic mass is 32.2. The van der Waals surface area contributed by atoms with E-state index in [0.717, 1.165) is 53.0 Å². The van der Waals surface area contributed by atoms with Crippen molar-refractivity contribution in [1.29, 1.82) is 0 Å². The zero-order valence-corrected chi connectivity index (χ0v) is 23.4. The van der Waals surface area contributed by atoms with Gasteiger partial charge in [-0.1, -0.05) is 41.5 Å². The number of hydrogen-bond acceptors (Lipinski definition) is 7. The lowest BCUT2D eigenvalue weighted by Gasteiger charge is -2.19. The maximum Gasteiger partial charge on any atom is 0.264 e. The van der Waals surface area contributed by atoms with Crippen LogP contribution in [0.2, 0.25) is 0 Å². The summed E-state index contributed by atoms with van der Waals surface area (Å²) in [6.07, 6.45) is 0.993. The molecule has 0 radical (unpaired) electrons. The minimum Gasteiger partial charge on any atom is -0.369 e. The molecular formula is C26H35FN6O3S. The molecule has 3 aromatic heterocycles. The molecule has 0 fully saturated rings. The largest absolute Gasteiger partial charge is 0.369 e. The van der Waals surface area contributed by atoms with Crippen molar-refractivity contribution in [3.05, 3.63) is 48.0 Å². The molecular weight excluding hydrogens is 495 g/mol. The van der Waals surface area contributed by atoms with Crippen molar-refractivity contribution in [2.45, 2.75) is 53.5 Å². The van der Waals surface area contributed by atoms with Crippen LogP contribution in [0.1, 0.15) is 47.4 Å². The molecule has 200 valence electrons. The summed E-state index contributed by atoms with van der Waals surface area (Å²) in [5, 5.41) is 0. The second kappa shape index (κ2) is 10.2. The van der Waals surface area contributed by atoms with Crippen molar-refractivity contribution in [3.63, 3.8) is 0 Å². The molecule has 37 heavy (non-hydrogen) atoms. The Kier molecular flexibility index (Phi) is 7.80. The van der Waals surface area contributed by atoms with E-state index in [-0.39, 0.29) is 16.6 Å². The number of benzene rings is 1. The number of anilines is 1. The molecule has 0 bridgehead atoms. The van der Waals surface area contributed by atoms with Crippen LogP contribution in [0.25, 0.3) is 33.8 Å². The van der Waals surface area contributed by atoms with Crippen molar-refractivity contribution in [2.24, 2.45) is 5.41 Å². The fourth-order valence-corrected chi connectivity index (χ4v) is 3.52. The Bertz CT molecular complexity index is 1490. The molecule has 3 heterocycles. The Morgan fingerprint density at radius 3 is 2.11 bits per heavy atom. The Morgan fingerprint density at radius 1 is 1.00 bits per heavy atom. The van der Waals surface area contributed by atoms with Crippen LogP contribution in [0.5, 0.6) is 0 Å². The number of halogens is 1. The minimum absolute atomic E-state index is 0.0199. The first-order valence-corrected chi connectivity index (χ1v) is 13.6. The Labute approximate surface area is 217 Å². The zero-order valence-electron chi connectivity index (χ0n) is 22.5. The van der Waals surface area contributed by atoms with Gasteiger partial charge in [-0.15, -0.1) is 0 Å². The first kappa shape index (κ1) is 28.3. The number of H-pyrrole nitrogens is 1. The smallest absolute Gasteiger partial charge is 0.264 e. The third-order valence-corrected chi connectivity index (χ3v) is 5.95. The number of pyridine rings is 1. The summed E-state index contributed by atoms with van der Waals surface area (Å²) in [7, 11) is -2.04. The SMILES string of the molecule is CC(C)(C)Cn1c(N)nc2ccc(-c3[nH]c(C(C)(C)C)nc3-c3ccc(F)cc3)nc21.COS(C)(=O)=O. The number of nitrogens with one attached hydrogen (secondary N) is 1. The summed E-state index contributed by atoms with van der Waals surface area (Å²) in [6.45, 7) is 13.4. The van der Waals surface area contributed by atoms with Crippen molar-refractivity contribution >= 4 is 27.2 Å². The lowest BCUT2D eigenvalue weighted by atomic mass is 9.96.